The molecule has 4 heteroatoms. The van der Waals surface area contributed by atoms with E-state index in [4.69, 9.17) is 4.84 Å². The largest absolute Gasteiger partial charge is 0.428 e. The van der Waals surface area contributed by atoms with Gasteiger partial charge in [0, 0.05) is 32.1 Å². The van der Waals surface area contributed by atoms with Crippen LogP contribution in [0, 0.1) is 0 Å². The van der Waals surface area contributed by atoms with E-state index in [-0.39, 0.29) is 6.09 Å². The number of hydrogen-bond donors (Lipinski definition) is 0. The highest BCUT2D eigenvalue weighted by Gasteiger charge is 2.29. The summed E-state index contributed by atoms with van der Waals surface area (Å²) in [6.07, 6.45) is 1.97. The van der Waals surface area contributed by atoms with Crippen LogP contribution in [0.15, 0.2) is 30.3 Å². The van der Waals surface area contributed by atoms with Gasteiger partial charge in [0.25, 0.3) is 0 Å². The van der Waals surface area contributed by atoms with Crippen LogP contribution in [-0.2, 0) is 4.84 Å². The van der Waals surface area contributed by atoms with Crippen molar-refractivity contribution in [3.05, 3.63) is 35.9 Å². The normalized spacial score (nSPS) is 23.8. The predicted octanol–water partition coefficient (Wildman–Crippen LogP) is 2.23. The number of amides is 1. The van der Waals surface area contributed by atoms with E-state index in [0.717, 1.165) is 39.0 Å². The maximum absolute atomic E-state index is 11.7. The Morgan fingerprint density at radius 2 is 1.94 bits per heavy atom. The first-order chi connectivity index (χ1) is 8.83. The number of carbonyl (C=O) groups is 1. The second-order valence-corrected chi connectivity index (χ2v) is 4.98. The lowest BCUT2D eigenvalue weighted by Crippen LogP contribution is -2.44. The van der Waals surface area contributed by atoms with E-state index in [9.17, 15) is 4.79 Å². The molecule has 2 aliphatic heterocycles. The SMILES string of the molecule is O=C(ON1CC[C@H](c2ccccc2)C1)N1CCC1. The molecule has 1 aromatic carbocycles. The molecule has 2 saturated heterocycles. The predicted molar refractivity (Wildman–Crippen MR) is 68.0 cm³/mol. The van der Waals surface area contributed by atoms with Gasteiger partial charge in [0.15, 0.2) is 0 Å². The van der Waals surface area contributed by atoms with Crippen molar-refractivity contribution in [3.8, 4) is 0 Å². The molecule has 0 radical (unpaired) electrons. The Hall–Kier alpha value is -1.55. The molecule has 0 aromatic heterocycles. The first-order valence-electron chi connectivity index (χ1n) is 6.60. The van der Waals surface area contributed by atoms with Gasteiger partial charge in [0.1, 0.15) is 0 Å². The number of hydrogen-bond acceptors (Lipinski definition) is 3. The summed E-state index contributed by atoms with van der Waals surface area (Å²) in [5.74, 6) is 0.482. The molecule has 1 amide bonds. The van der Waals surface area contributed by atoms with Gasteiger partial charge >= 0.3 is 6.09 Å². The zero-order chi connectivity index (χ0) is 12.4. The zero-order valence-corrected chi connectivity index (χ0v) is 10.4. The molecule has 2 fully saturated rings. The molecule has 1 atom stereocenters. The lowest BCUT2D eigenvalue weighted by atomic mass is 9.99. The second kappa shape index (κ2) is 4.98. The summed E-state index contributed by atoms with van der Waals surface area (Å²) in [4.78, 5) is 18.8. The average Bonchev–Trinajstić information content (AvgIpc) is 2.76. The summed E-state index contributed by atoms with van der Waals surface area (Å²) >= 11 is 0. The van der Waals surface area contributed by atoms with Gasteiger partial charge in [-0.25, -0.2) is 4.79 Å². The summed E-state index contributed by atoms with van der Waals surface area (Å²) in [7, 11) is 0. The minimum atomic E-state index is -0.185. The molecule has 2 aliphatic rings. The molecule has 1 aromatic rings. The van der Waals surface area contributed by atoms with Gasteiger partial charge in [-0.05, 0) is 18.4 Å². The highest BCUT2D eigenvalue weighted by molar-refractivity contribution is 5.68. The van der Waals surface area contributed by atoms with Crippen LogP contribution in [-0.4, -0.2) is 42.2 Å². The van der Waals surface area contributed by atoms with E-state index >= 15 is 0 Å². The number of nitrogens with zero attached hydrogens (tertiary/aromatic N) is 2. The molecule has 96 valence electrons. The third kappa shape index (κ3) is 2.34. The van der Waals surface area contributed by atoms with Crippen molar-refractivity contribution >= 4 is 6.09 Å². The number of likely N-dealkylation sites (tertiary alicyclic amines) is 1. The quantitative estimate of drug-likeness (QED) is 0.802. The molecule has 0 spiro atoms. The monoisotopic (exact) mass is 246 g/mol. The Balaban J connectivity index is 1.53. The Bertz CT molecular complexity index is 417. The Labute approximate surface area is 107 Å². The van der Waals surface area contributed by atoms with Crippen LogP contribution < -0.4 is 0 Å². The third-order valence-electron chi connectivity index (χ3n) is 3.74. The fourth-order valence-electron chi connectivity index (χ4n) is 2.48. The molecule has 18 heavy (non-hydrogen) atoms. The highest BCUT2D eigenvalue weighted by Crippen LogP contribution is 2.27. The van der Waals surface area contributed by atoms with Gasteiger partial charge in [-0.1, -0.05) is 30.3 Å². The first kappa shape index (κ1) is 11.5. The van der Waals surface area contributed by atoms with Gasteiger partial charge in [0.2, 0.25) is 0 Å². The van der Waals surface area contributed by atoms with Crippen molar-refractivity contribution in [2.75, 3.05) is 26.2 Å². The summed E-state index contributed by atoms with van der Waals surface area (Å²) in [5.41, 5.74) is 1.33. The van der Waals surface area contributed by atoms with E-state index in [2.05, 4.69) is 24.3 Å². The number of hydroxylamine groups is 2. The fraction of sp³-hybridized carbons (Fsp3) is 0.500. The number of benzene rings is 1. The summed E-state index contributed by atoms with van der Waals surface area (Å²) in [6, 6.07) is 10.4. The highest BCUT2D eigenvalue weighted by atomic mass is 16.7. The van der Waals surface area contributed by atoms with Crippen LogP contribution in [0.2, 0.25) is 0 Å². The van der Waals surface area contributed by atoms with Crippen LogP contribution in [0.4, 0.5) is 4.79 Å². The van der Waals surface area contributed by atoms with E-state index < -0.39 is 0 Å². The maximum Gasteiger partial charge on any atom is 0.428 e. The fourth-order valence-corrected chi connectivity index (χ4v) is 2.48. The van der Waals surface area contributed by atoms with Crippen LogP contribution in [0.5, 0.6) is 0 Å². The van der Waals surface area contributed by atoms with E-state index in [1.807, 2.05) is 6.07 Å². The van der Waals surface area contributed by atoms with Crippen molar-refractivity contribution < 1.29 is 9.63 Å². The topological polar surface area (TPSA) is 32.8 Å². The van der Waals surface area contributed by atoms with Gasteiger partial charge < -0.3 is 9.74 Å². The minimum absolute atomic E-state index is 0.185. The molecule has 0 aliphatic carbocycles. The van der Waals surface area contributed by atoms with Crippen molar-refractivity contribution in [1.29, 1.82) is 0 Å². The maximum atomic E-state index is 11.7. The van der Waals surface area contributed by atoms with E-state index in [0.29, 0.717) is 5.92 Å². The summed E-state index contributed by atoms with van der Waals surface area (Å²) < 4.78 is 0. The molecule has 0 saturated carbocycles. The van der Waals surface area contributed by atoms with Crippen LogP contribution in [0.3, 0.4) is 0 Å². The summed E-state index contributed by atoms with van der Waals surface area (Å²) in [6.45, 7) is 3.33. The molecule has 4 nitrogen and oxygen atoms in total. The third-order valence-corrected chi connectivity index (χ3v) is 3.74. The van der Waals surface area contributed by atoms with E-state index in [1.165, 1.54) is 5.56 Å². The van der Waals surface area contributed by atoms with Gasteiger partial charge in [0.05, 0.1) is 0 Å². The van der Waals surface area contributed by atoms with E-state index in [1.54, 1.807) is 9.96 Å². The molecular formula is C14H18N2O2. The molecule has 2 heterocycles. The standard InChI is InChI=1S/C14H18N2O2/c17-14(15-8-4-9-15)18-16-10-7-13(11-16)12-5-2-1-3-6-12/h1-3,5-6,13H,4,7-11H2/t13-/m0/s1. The molecule has 3 rings (SSSR count). The molecule has 0 unspecified atom stereocenters. The number of carbonyl (C=O) groups excluding carboxylic acids is 1. The molecule has 0 N–H and O–H groups in total. The van der Waals surface area contributed by atoms with Crippen molar-refractivity contribution in [2.24, 2.45) is 0 Å². The Morgan fingerprint density at radius 1 is 1.17 bits per heavy atom. The lowest BCUT2D eigenvalue weighted by molar-refractivity contribution is -0.100. The van der Waals surface area contributed by atoms with Gasteiger partial charge in [-0.2, -0.15) is 0 Å². The summed E-state index contributed by atoms with van der Waals surface area (Å²) in [5, 5.41) is 1.80. The number of rotatable bonds is 2. The zero-order valence-electron chi connectivity index (χ0n) is 10.4. The average molecular weight is 246 g/mol. The Morgan fingerprint density at radius 3 is 2.61 bits per heavy atom. The van der Waals surface area contributed by atoms with Crippen molar-refractivity contribution in [3.63, 3.8) is 0 Å². The lowest BCUT2D eigenvalue weighted by Gasteiger charge is -2.31. The minimum Gasteiger partial charge on any atom is -0.351 e. The van der Waals surface area contributed by atoms with Crippen LogP contribution in [0.25, 0.3) is 0 Å². The Kier molecular flexibility index (Phi) is 3.19. The molecular weight excluding hydrogens is 228 g/mol. The first-order valence-corrected chi connectivity index (χ1v) is 6.60. The van der Waals surface area contributed by atoms with Gasteiger partial charge in [-0.15, -0.1) is 5.06 Å². The smallest absolute Gasteiger partial charge is 0.351 e. The van der Waals surface area contributed by atoms with Crippen molar-refractivity contribution in [1.82, 2.24) is 9.96 Å². The van der Waals surface area contributed by atoms with Crippen LogP contribution >= 0.6 is 0 Å². The van der Waals surface area contributed by atoms with Crippen LogP contribution in [0.1, 0.15) is 24.3 Å². The molecule has 0 bridgehead atoms. The van der Waals surface area contributed by atoms with Gasteiger partial charge in [-0.3, -0.25) is 0 Å². The second-order valence-electron chi connectivity index (χ2n) is 4.98. The van der Waals surface area contributed by atoms with Crippen molar-refractivity contribution in [2.45, 2.75) is 18.8 Å².